The normalized spacial score (nSPS) is 20.5. The van der Waals surface area contributed by atoms with E-state index in [2.05, 4.69) is 10.3 Å². The number of hydrogen-bond donors (Lipinski definition) is 1. The van der Waals surface area contributed by atoms with Crippen LogP contribution in [0.5, 0.6) is 0 Å². The summed E-state index contributed by atoms with van der Waals surface area (Å²) >= 11 is 0. The minimum absolute atomic E-state index is 0.170. The molecule has 0 aliphatic carbocycles. The third kappa shape index (κ3) is 3.72. The maximum Gasteiger partial charge on any atom is 0.263 e. The molecule has 1 N–H and O–H groups in total. The Hall–Kier alpha value is -2.51. The highest BCUT2D eigenvalue weighted by molar-refractivity contribution is 5.93. The van der Waals surface area contributed by atoms with E-state index in [0.717, 1.165) is 30.8 Å². The molecule has 0 saturated carbocycles. The van der Waals surface area contributed by atoms with Crippen LogP contribution in [-0.4, -0.2) is 53.7 Å². The second-order valence-electron chi connectivity index (χ2n) is 7.62. The SMILES string of the molecule is COCCN(Cc1ccncc1)C(=O)c1ccc2n(c1=O)C[C@@H]1CNC[C@H]2C1. The summed E-state index contributed by atoms with van der Waals surface area (Å²) in [6.07, 6.45) is 4.52. The fourth-order valence-corrected chi connectivity index (χ4v) is 4.29. The Morgan fingerprint density at radius 2 is 2.11 bits per heavy atom. The van der Waals surface area contributed by atoms with Gasteiger partial charge < -0.3 is 19.5 Å². The number of hydrogen-bond acceptors (Lipinski definition) is 5. The first-order valence-electron chi connectivity index (χ1n) is 9.79. The summed E-state index contributed by atoms with van der Waals surface area (Å²) in [5, 5.41) is 3.44. The topological polar surface area (TPSA) is 76.5 Å². The van der Waals surface area contributed by atoms with Crippen LogP contribution in [0, 0.1) is 5.92 Å². The zero-order chi connectivity index (χ0) is 19.5. The van der Waals surface area contributed by atoms with Crippen LogP contribution in [0.15, 0.2) is 41.5 Å². The maximum absolute atomic E-state index is 13.2. The Kier molecular flexibility index (Phi) is 5.54. The van der Waals surface area contributed by atoms with Gasteiger partial charge >= 0.3 is 0 Å². The van der Waals surface area contributed by atoms with Gasteiger partial charge in [-0.3, -0.25) is 14.6 Å². The lowest BCUT2D eigenvalue weighted by Crippen LogP contribution is -2.46. The second-order valence-corrected chi connectivity index (χ2v) is 7.62. The van der Waals surface area contributed by atoms with Crippen molar-refractivity contribution < 1.29 is 9.53 Å². The number of aromatic nitrogens is 2. The summed E-state index contributed by atoms with van der Waals surface area (Å²) in [4.78, 5) is 32.1. The number of piperidine rings is 1. The van der Waals surface area contributed by atoms with Crippen LogP contribution in [0.4, 0.5) is 0 Å². The molecule has 4 heterocycles. The minimum Gasteiger partial charge on any atom is -0.383 e. The molecule has 2 aliphatic heterocycles. The van der Waals surface area contributed by atoms with Crippen molar-refractivity contribution >= 4 is 5.91 Å². The van der Waals surface area contributed by atoms with Crippen LogP contribution < -0.4 is 10.9 Å². The molecule has 2 aromatic rings. The van der Waals surface area contributed by atoms with Gasteiger partial charge in [-0.1, -0.05) is 0 Å². The largest absolute Gasteiger partial charge is 0.383 e. The lowest BCUT2D eigenvalue weighted by atomic mass is 9.84. The molecule has 1 saturated heterocycles. The van der Waals surface area contributed by atoms with Crippen molar-refractivity contribution in [3.63, 3.8) is 0 Å². The summed E-state index contributed by atoms with van der Waals surface area (Å²) < 4.78 is 7.00. The van der Waals surface area contributed by atoms with Gasteiger partial charge in [0.2, 0.25) is 0 Å². The van der Waals surface area contributed by atoms with Crippen molar-refractivity contribution in [1.82, 2.24) is 19.8 Å². The summed E-state index contributed by atoms with van der Waals surface area (Å²) in [5.74, 6) is 0.560. The molecule has 0 unspecified atom stereocenters. The van der Waals surface area contributed by atoms with Gasteiger partial charge in [0.05, 0.1) is 6.61 Å². The zero-order valence-electron chi connectivity index (χ0n) is 16.1. The van der Waals surface area contributed by atoms with Gasteiger partial charge in [-0.05, 0) is 48.7 Å². The van der Waals surface area contributed by atoms with Crippen LogP contribution in [0.2, 0.25) is 0 Å². The Morgan fingerprint density at radius 1 is 1.29 bits per heavy atom. The third-order valence-corrected chi connectivity index (χ3v) is 5.71. The number of carbonyl (C=O) groups is 1. The first kappa shape index (κ1) is 18.8. The van der Waals surface area contributed by atoms with E-state index in [9.17, 15) is 9.59 Å². The molecule has 1 amide bonds. The number of pyridine rings is 2. The summed E-state index contributed by atoms with van der Waals surface area (Å²) in [6, 6.07) is 7.42. The van der Waals surface area contributed by atoms with Crippen LogP contribution in [0.1, 0.15) is 34.0 Å². The van der Waals surface area contributed by atoms with E-state index in [4.69, 9.17) is 4.74 Å². The average Bonchev–Trinajstić information content (AvgIpc) is 2.72. The summed E-state index contributed by atoms with van der Waals surface area (Å²) in [5.41, 5.74) is 2.08. The van der Waals surface area contributed by atoms with E-state index in [1.165, 1.54) is 0 Å². The van der Waals surface area contributed by atoms with Crippen LogP contribution in [0.3, 0.4) is 0 Å². The molecular weight excluding hydrogens is 356 g/mol. The fourth-order valence-electron chi connectivity index (χ4n) is 4.29. The van der Waals surface area contributed by atoms with Gasteiger partial charge in [-0.2, -0.15) is 0 Å². The van der Waals surface area contributed by atoms with Gasteiger partial charge in [0.15, 0.2) is 0 Å². The van der Waals surface area contributed by atoms with Crippen LogP contribution in [0.25, 0.3) is 0 Å². The van der Waals surface area contributed by atoms with Crippen molar-refractivity contribution in [2.45, 2.75) is 25.4 Å². The standard InChI is InChI=1S/C21H26N4O3/c1-28-9-8-24(13-15-4-6-22-7-5-15)20(26)18-2-3-19-17-10-16(11-23-12-17)14-25(19)21(18)27/h2-7,16-17,23H,8-14H2,1H3/t16-,17+/m0/s1. The van der Waals surface area contributed by atoms with Crippen LogP contribution >= 0.6 is 0 Å². The molecule has 0 spiro atoms. The molecule has 4 rings (SSSR count). The molecule has 2 atom stereocenters. The van der Waals surface area contributed by atoms with E-state index >= 15 is 0 Å². The molecule has 2 aromatic heterocycles. The number of nitrogens with zero attached hydrogens (tertiary/aromatic N) is 3. The van der Waals surface area contributed by atoms with E-state index < -0.39 is 0 Å². The Morgan fingerprint density at radius 3 is 2.89 bits per heavy atom. The molecule has 7 nitrogen and oxygen atoms in total. The average molecular weight is 382 g/mol. The minimum atomic E-state index is -0.247. The van der Waals surface area contributed by atoms with E-state index in [1.807, 2.05) is 22.8 Å². The van der Waals surface area contributed by atoms with Crippen molar-refractivity contribution in [2.24, 2.45) is 5.92 Å². The predicted octanol–water partition coefficient (Wildman–Crippen LogP) is 1.24. The van der Waals surface area contributed by atoms with Gasteiger partial charge in [-0.15, -0.1) is 0 Å². The lowest BCUT2D eigenvalue weighted by Gasteiger charge is -2.37. The first-order valence-corrected chi connectivity index (χ1v) is 9.79. The van der Waals surface area contributed by atoms with Crippen molar-refractivity contribution in [3.8, 4) is 0 Å². The second kappa shape index (κ2) is 8.24. The van der Waals surface area contributed by atoms with Gasteiger partial charge in [0.1, 0.15) is 5.56 Å². The Bertz CT molecular complexity index is 896. The van der Waals surface area contributed by atoms with E-state index in [0.29, 0.717) is 38.1 Å². The number of ether oxygens (including phenoxy) is 1. The number of fused-ring (bicyclic) bond motifs is 4. The number of rotatable bonds is 6. The molecule has 0 aromatic carbocycles. The molecular formula is C21H26N4O3. The molecule has 7 heteroatoms. The third-order valence-electron chi connectivity index (χ3n) is 5.71. The van der Waals surface area contributed by atoms with Gasteiger partial charge in [0.25, 0.3) is 11.5 Å². The summed E-state index contributed by atoms with van der Waals surface area (Å²) in [6.45, 7) is 3.77. The quantitative estimate of drug-likeness (QED) is 0.814. The van der Waals surface area contributed by atoms with Crippen molar-refractivity contribution in [1.29, 1.82) is 0 Å². The van der Waals surface area contributed by atoms with E-state index in [1.54, 1.807) is 30.5 Å². The fraction of sp³-hybridized carbons (Fsp3) is 0.476. The predicted molar refractivity (Wildman–Crippen MR) is 105 cm³/mol. The summed E-state index contributed by atoms with van der Waals surface area (Å²) in [7, 11) is 1.61. The molecule has 0 radical (unpaired) electrons. The molecule has 2 bridgehead atoms. The molecule has 2 aliphatic rings. The van der Waals surface area contributed by atoms with Gasteiger partial charge in [0, 0.05) is 57.3 Å². The number of amides is 1. The molecule has 148 valence electrons. The maximum atomic E-state index is 13.2. The lowest BCUT2D eigenvalue weighted by molar-refractivity contribution is 0.0677. The van der Waals surface area contributed by atoms with Crippen molar-refractivity contribution in [3.05, 3.63) is 63.8 Å². The zero-order valence-corrected chi connectivity index (χ0v) is 16.1. The monoisotopic (exact) mass is 382 g/mol. The smallest absolute Gasteiger partial charge is 0.263 e. The molecule has 1 fully saturated rings. The number of nitrogens with one attached hydrogen (secondary N) is 1. The van der Waals surface area contributed by atoms with Gasteiger partial charge in [-0.25, -0.2) is 0 Å². The number of carbonyl (C=O) groups excluding carboxylic acids is 1. The number of methoxy groups -OCH3 is 1. The Balaban J connectivity index is 1.63. The first-order chi connectivity index (χ1) is 13.7. The van der Waals surface area contributed by atoms with Crippen LogP contribution in [-0.2, 0) is 17.8 Å². The van der Waals surface area contributed by atoms with Crippen molar-refractivity contribution in [2.75, 3.05) is 33.4 Å². The highest BCUT2D eigenvalue weighted by Crippen LogP contribution is 2.31. The highest BCUT2D eigenvalue weighted by Gasteiger charge is 2.32. The Labute approximate surface area is 164 Å². The van der Waals surface area contributed by atoms with E-state index in [-0.39, 0.29) is 17.0 Å². The molecule has 28 heavy (non-hydrogen) atoms. The highest BCUT2D eigenvalue weighted by atomic mass is 16.5.